The summed E-state index contributed by atoms with van der Waals surface area (Å²) in [5.74, 6) is 0.766. The van der Waals surface area contributed by atoms with E-state index >= 15 is 0 Å². The number of fused-ring (bicyclic) bond motifs is 1. The van der Waals surface area contributed by atoms with Crippen molar-refractivity contribution in [3.8, 4) is 0 Å². The molecule has 0 aromatic carbocycles. The van der Waals surface area contributed by atoms with E-state index in [1.165, 1.54) is 19.3 Å². The van der Waals surface area contributed by atoms with Crippen LogP contribution in [-0.2, 0) is 0 Å². The number of rotatable bonds is 1. The molecule has 19 heavy (non-hydrogen) atoms. The van der Waals surface area contributed by atoms with Gasteiger partial charge in [-0.05, 0) is 38.2 Å². The average molecular weight is 279 g/mol. The van der Waals surface area contributed by atoms with Gasteiger partial charge in [-0.3, -0.25) is 9.78 Å². The van der Waals surface area contributed by atoms with Gasteiger partial charge in [-0.15, -0.1) is 0 Å². The molecule has 3 unspecified atom stereocenters. The summed E-state index contributed by atoms with van der Waals surface area (Å²) in [7, 11) is 0. The molecule has 1 aromatic rings. The molecule has 0 radical (unpaired) electrons. The minimum absolute atomic E-state index is 0.0781. The van der Waals surface area contributed by atoms with E-state index < -0.39 is 0 Å². The maximum atomic E-state index is 12.7. The highest BCUT2D eigenvalue weighted by Gasteiger charge is 2.42. The van der Waals surface area contributed by atoms with E-state index in [4.69, 9.17) is 11.6 Å². The molecule has 3 atom stereocenters. The normalized spacial score (nSPS) is 30.2. The van der Waals surface area contributed by atoms with E-state index in [0.717, 1.165) is 12.8 Å². The Morgan fingerprint density at radius 1 is 1.42 bits per heavy atom. The van der Waals surface area contributed by atoms with Crippen LogP contribution in [0.5, 0.6) is 0 Å². The summed E-state index contributed by atoms with van der Waals surface area (Å²) in [5.41, 5.74) is 0.592. The minimum Gasteiger partial charge on any atom is -0.333 e. The molecule has 1 saturated heterocycles. The maximum absolute atomic E-state index is 12.7. The van der Waals surface area contributed by atoms with Gasteiger partial charge in [0.1, 0.15) is 0 Å². The van der Waals surface area contributed by atoms with E-state index in [0.29, 0.717) is 28.6 Å². The summed E-state index contributed by atoms with van der Waals surface area (Å²) in [6.07, 6.45) is 9.28. The third-order valence-electron chi connectivity index (χ3n) is 4.58. The molecule has 2 fully saturated rings. The van der Waals surface area contributed by atoms with E-state index in [-0.39, 0.29) is 5.91 Å². The van der Waals surface area contributed by atoms with Crippen LogP contribution in [0.2, 0.25) is 5.02 Å². The lowest BCUT2D eigenvalue weighted by atomic mass is 9.85. The number of amides is 1. The number of pyridine rings is 1. The Hall–Kier alpha value is -1.09. The monoisotopic (exact) mass is 278 g/mol. The quantitative estimate of drug-likeness (QED) is 0.787. The molecule has 102 valence electrons. The number of nitrogens with zero attached hydrogens (tertiary/aromatic N) is 2. The molecule has 1 amide bonds. The lowest BCUT2D eigenvalue weighted by Crippen LogP contribution is -2.42. The van der Waals surface area contributed by atoms with Crippen LogP contribution < -0.4 is 0 Å². The van der Waals surface area contributed by atoms with Crippen molar-refractivity contribution < 1.29 is 4.79 Å². The first kappa shape index (κ1) is 12.9. The molecule has 1 aromatic heterocycles. The van der Waals surface area contributed by atoms with Crippen molar-refractivity contribution in [1.29, 1.82) is 0 Å². The van der Waals surface area contributed by atoms with Gasteiger partial charge in [-0.2, -0.15) is 0 Å². The molecule has 0 N–H and O–H groups in total. The third-order valence-corrected chi connectivity index (χ3v) is 4.88. The predicted octanol–water partition coefficient (Wildman–Crippen LogP) is 3.53. The van der Waals surface area contributed by atoms with Crippen LogP contribution in [0.15, 0.2) is 18.5 Å². The zero-order valence-corrected chi connectivity index (χ0v) is 11.9. The summed E-state index contributed by atoms with van der Waals surface area (Å²) < 4.78 is 0. The number of hydrogen-bond donors (Lipinski definition) is 0. The largest absolute Gasteiger partial charge is 0.333 e. The van der Waals surface area contributed by atoms with Crippen LogP contribution in [0, 0.1) is 5.92 Å². The van der Waals surface area contributed by atoms with Crippen molar-refractivity contribution in [2.45, 2.75) is 51.1 Å². The summed E-state index contributed by atoms with van der Waals surface area (Å²) in [4.78, 5) is 18.8. The first-order valence-electron chi connectivity index (χ1n) is 7.10. The number of halogens is 1. The highest BCUT2D eigenvalue weighted by Crippen LogP contribution is 2.40. The van der Waals surface area contributed by atoms with Gasteiger partial charge in [-0.25, -0.2) is 0 Å². The minimum atomic E-state index is 0.0781. The molecule has 1 aliphatic carbocycles. The molecule has 0 bridgehead atoms. The second-order valence-electron chi connectivity index (χ2n) is 5.76. The molecule has 0 spiro atoms. The van der Waals surface area contributed by atoms with E-state index in [9.17, 15) is 4.79 Å². The molecule has 3 nitrogen and oxygen atoms in total. The summed E-state index contributed by atoms with van der Waals surface area (Å²) >= 11 is 6.11. The van der Waals surface area contributed by atoms with Crippen molar-refractivity contribution in [3.63, 3.8) is 0 Å². The molecule has 3 rings (SSSR count). The first-order chi connectivity index (χ1) is 9.18. The van der Waals surface area contributed by atoms with Gasteiger partial charge < -0.3 is 4.90 Å². The highest BCUT2D eigenvalue weighted by molar-refractivity contribution is 6.33. The van der Waals surface area contributed by atoms with Crippen molar-refractivity contribution in [3.05, 3.63) is 29.0 Å². The van der Waals surface area contributed by atoms with Gasteiger partial charge in [0.2, 0.25) is 0 Å². The number of aromatic nitrogens is 1. The highest BCUT2D eigenvalue weighted by atomic mass is 35.5. The van der Waals surface area contributed by atoms with E-state index in [1.54, 1.807) is 18.5 Å². The average Bonchev–Trinajstić information content (AvgIpc) is 2.74. The number of hydrogen-bond acceptors (Lipinski definition) is 2. The van der Waals surface area contributed by atoms with Crippen LogP contribution in [-0.4, -0.2) is 27.9 Å². The Morgan fingerprint density at radius 3 is 3.00 bits per heavy atom. The van der Waals surface area contributed by atoms with Gasteiger partial charge in [0.15, 0.2) is 0 Å². The fourth-order valence-corrected chi connectivity index (χ4v) is 3.95. The maximum Gasteiger partial charge on any atom is 0.255 e. The number of carbonyl (C=O) groups excluding carboxylic acids is 1. The first-order valence-corrected chi connectivity index (χ1v) is 7.48. The molecule has 2 aliphatic rings. The number of carbonyl (C=O) groups is 1. The summed E-state index contributed by atoms with van der Waals surface area (Å²) in [5, 5.41) is 0.457. The summed E-state index contributed by atoms with van der Waals surface area (Å²) in [6.45, 7) is 2.16. The second-order valence-corrected chi connectivity index (χ2v) is 6.17. The Kier molecular flexibility index (Phi) is 3.48. The second kappa shape index (κ2) is 5.12. The van der Waals surface area contributed by atoms with Crippen molar-refractivity contribution in [1.82, 2.24) is 9.88 Å². The van der Waals surface area contributed by atoms with Crippen LogP contribution in [0.3, 0.4) is 0 Å². The number of likely N-dealkylation sites (tertiary alicyclic amines) is 1. The van der Waals surface area contributed by atoms with Gasteiger partial charge >= 0.3 is 0 Å². The zero-order chi connectivity index (χ0) is 13.4. The van der Waals surface area contributed by atoms with E-state index in [1.807, 2.05) is 0 Å². The lowest BCUT2D eigenvalue weighted by molar-refractivity contribution is 0.0633. The molecule has 1 aliphatic heterocycles. The Morgan fingerprint density at radius 2 is 2.21 bits per heavy atom. The van der Waals surface area contributed by atoms with Gasteiger partial charge in [0.25, 0.3) is 5.91 Å². The van der Waals surface area contributed by atoms with Crippen molar-refractivity contribution in [2.24, 2.45) is 5.92 Å². The fraction of sp³-hybridized carbons (Fsp3) is 0.600. The van der Waals surface area contributed by atoms with Gasteiger partial charge in [0, 0.05) is 24.5 Å². The molecule has 1 saturated carbocycles. The molecular formula is C15H19ClN2O. The van der Waals surface area contributed by atoms with Gasteiger partial charge in [0.05, 0.1) is 10.6 Å². The topological polar surface area (TPSA) is 33.2 Å². The molecular weight excluding hydrogens is 260 g/mol. The van der Waals surface area contributed by atoms with Crippen LogP contribution in [0.25, 0.3) is 0 Å². The smallest absolute Gasteiger partial charge is 0.255 e. The van der Waals surface area contributed by atoms with Gasteiger partial charge in [-0.1, -0.05) is 24.4 Å². The standard InChI is InChI=1S/C15H19ClN2O/c1-10-8-11-4-2-3-5-14(11)18(10)15(19)12-6-7-17-9-13(12)16/h6-7,9-11,14H,2-5,8H2,1H3. The Balaban J connectivity index is 1.88. The fourth-order valence-electron chi connectivity index (χ4n) is 3.75. The zero-order valence-electron chi connectivity index (χ0n) is 11.2. The molecule has 2 heterocycles. The summed E-state index contributed by atoms with van der Waals surface area (Å²) in [6, 6.07) is 2.47. The van der Waals surface area contributed by atoms with E-state index in [2.05, 4.69) is 16.8 Å². The van der Waals surface area contributed by atoms with Crippen molar-refractivity contribution in [2.75, 3.05) is 0 Å². The van der Waals surface area contributed by atoms with Crippen LogP contribution >= 0.6 is 11.6 Å². The SMILES string of the molecule is CC1CC2CCCCC2N1C(=O)c1ccncc1Cl. The van der Waals surface area contributed by atoms with Crippen molar-refractivity contribution >= 4 is 17.5 Å². The lowest BCUT2D eigenvalue weighted by Gasteiger charge is -2.33. The third kappa shape index (κ3) is 2.25. The Bertz CT molecular complexity index is 491. The van der Waals surface area contributed by atoms with Crippen LogP contribution in [0.1, 0.15) is 49.4 Å². The predicted molar refractivity (Wildman–Crippen MR) is 75.2 cm³/mol. The van der Waals surface area contributed by atoms with Crippen LogP contribution in [0.4, 0.5) is 0 Å². The molecule has 4 heteroatoms. The Labute approximate surface area is 119 Å².